The number of aromatic nitrogens is 1. The Kier molecular flexibility index (Phi) is 2.65. The van der Waals surface area contributed by atoms with Gasteiger partial charge in [-0.05, 0) is 12.1 Å². The summed E-state index contributed by atoms with van der Waals surface area (Å²) < 4.78 is 0. The van der Waals surface area contributed by atoms with Gasteiger partial charge in [-0.3, -0.25) is 4.98 Å². The number of nitrogens with two attached hydrogens (primary N) is 1. The number of benzene rings is 2. The van der Waals surface area contributed by atoms with Crippen LogP contribution in [0, 0.1) is 0 Å². The molecule has 88 valence electrons. The molecule has 1 heterocycles. The van der Waals surface area contributed by atoms with E-state index in [4.69, 9.17) is 17.3 Å². The highest BCUT2D eigenvalue weighted by Crippen LogP contribution is 2.31. The van der Waals surface area contributed by atoms with Gasteiger partial charge in [0.05, 0.1) is 16.4 Å². The van der Waals surface area contributed by atoms with Crippen LogP contribution in [0.3, 0.4) is 0 Å². The third-order valence-electron chi connectivity index (χ3n) is 2.94. The summed E-state index contributed by atoms with van der Waals surface area (Å²) in [6, 6.07) is 15.7. The molecule has 3 rings (SSSR count). The Labute approximate surface area is 110 Å². The second-order valence-electron chi connectivity index (χ2n) is 4.13. The molecule has 0 unspecified atom stereocenters. The van der Waals surface area contributed by atoms with Crippen LogP contribution in [-0.4, -0.2) is 4.98 Å². The Balaban J connectivity index is 2.25. The van der Waals surface area contributed by atoms with Gasteiger partial charge in [0.1, 0.15) is 0 Å². The number of anilines is 1. The topological polar surface area (TPSA) is 38.9 Å². The van der Waals surface area contributed by atoms with E-state index in [1.165, 1.54) is 0 Å². The highest BCUT2D eigenvalue weighted by molar-refractivity contribution is 6.38. The summed E-state index contributed by atoms with van der Waals surface area (Å²) in [5.74, 6) is 0. The van der Waals surface area contributed by atoms with Crippen molar-refractivity contribution in [3.63, 3.8) is 0 Å². The lowest BCUT2D eigenvalue weighted by molar-refractivity contribution is 1.36. The molecular formula is C15H11ClN2. The SMILES string of the molecule is Nc1ccc2cnc(-c3ccccc3)cc2c1Cl. The minimum atomic E-state index is 0.590. The van der Waals surface area contributed by atoms with Crippen molar-refractivity contribution in [2.75, 3.05) is 5.73 Å². The van der Waals surface area contributed by atoms with Crippen molar-refractivity contribution in [3.05, 3.63) is 59.8 Å². The molecule has 2 nitrogen and oxygen atoms in total. The Hall–Kier alpha value is -2.06. The number of hydrogen-bond donors (Lipinski definition) is 1. The van der Waals surface area contributed by atoms with Crippen LogP contribution in [0.15, 0.2) is 54.7 Å². The maximum absolute atomic E-state index is 6.23. The van der Waals surface area contributed by atoms with Crippen molar-refractivity contribution in [1.29, 1.82) is 0 Å². The first-order valence-corrected chi connectivity index (χ1v) is 6.02. The molecule has 18 heavy (non-hydrogen) atoms. The lowest BCUT2D eigenvalue weighted by Crippen LogP contribution is -1.89. The molecule has 3 heteroatoms. The molecule has 0 bridgehead atoms. The highest BCUT2D eigenvalue weighted by atomic mass is 35.5. The Morgan fingerprint density at radius 2 is 1.78 bits per heavy atom. The van der Waals surface area contributed by atoms with Crippen LogP contribution in [0.4, 0.5) is 5.69 Å². The largest absolute Gasteiger partial charge is 0.398 e. The van der Waals surface area contributed by atoms with Crippen LogP contribution in [-0.2, 0) is 0 Å². The smallest absolute Gasteiger partial charge is 0.0715 e. The van der Waals surface area contributed by atoms with Crippen LogP contribution < -0.4 is 5.73 Å². The molecule has 0 saturated carbocycles. The van der Waals surface area contributed by atoms with Crippen molar-refractivity contribution in [1.82, 2.24) is 4.98 Å². The summed E-state index contributed by atoms with van der Waals surface area (Å²) in [4.78, 5) is 4.45. The standard InChI is InChI=1S/C15H11ClN2/c16-15-12-8-14(10-4-2-1-3-5-10)18-9-11(12)6-7-13(15)17/h1-9H,17H2. The Morgan fingerprint density at radius 1 is 1.00 bits per heavy atom. The number of rotatable bonds is 1. The van der Waals surface area contributed by atoms with Crippen molar-refractivity contribution >= 4 is 28.1 Å². The first kappa shape index (κ1) is 11.1. The highest BCUT2D eigenvalue weighted by Gasteiger charge is 2.06. The number of hydrogen-bond acceptors (Lipinski definition) is 2. The minimum Gasteiger partial charge on any atom is -0.398 e. The third kappa shape index (κ3) is 1.81. The van der Waals surface area contributed by atoms with Crippen LogP contribution in [0.5, 0.6) is 0 Å². The van der Waals surface area contributed by atoms with Crippen molar-refractivity contribution in [2.24, 2.45) is 0 Å². The number of pyridine rings is 1. The van der Waals surface area contributed by atoms with Gasteiger partial charge < -0.3 is 5.73 Å². The zero-order chi connectivity index (χ0) is 12.5. The minimum absolute atomic E-state index is 0.590. The van der Waals surface area contributed by atoms with Gasteiger partial charge >= 0.3 is 0 Å². The van der Waals surface area contributed by atoms with Gasteiger partial charge in [0.15, 0.2) is 0 Å². The molecule has 1 aromatic heterocycles. The van der Waals surface area contributed by atoms with E-state index in [0.29, 0.717) is 10.7 Å². The van der Waals surface area contributed by atoms with Gasteiger partial charge in [0, 0.05) is 22.5 Å². The average Bonchev–Trinajstić information content (AvgIpc) is 2.44. The summed E-state index contributed by atoms with van der Waals surface area (Å²) in [6.07, 6.45) is 1.82. The average molecular weight is 255 g/mol. The molecule has 2 N–H and O–H groups in total. The molecule has 2 aromatic carbocycles. The van der Waals surface area contributed by atoms with Gasteiger partial charge in [-0.25, -0.2) is 0 Å². The second-order valence-corrected chi connectivity index (χ2v) is 4.50. The molecule has 0 saturated heterocycles. The molecule has 0 radical (unpaired) electrons. The van der Waals surface area contributed by atoms with Gasteiger partial charge in [0.25, 0.3) is 0 Å². The van der Waals surface area contributed by atoms with Crippen molar-refractivity contribution in [3.8, 4) is 11.3 Å². The molecule has 0 fully saturated rings. The molecule has 0 atom stereocenters. The quantitative estimate of drug-likeness (QED) is 0.663. The third-order valence-corrected chi connectivity index (χ3v) is 3.36. The molecule has 0 aliphatic rings. The van der Waals surface area contributed by atoms with Gasteiger partial charge in [-0.1, -0.05) is 48.0 Å². The fourth-order valence-electron chi connectivity index (χ4n) is 1.96. The van der Waals surface area contributed by atoms with E-state index in [0.717, 1.165) is 22.0 Å². The molecule has 0 spiro atoms. The fourth-order valence-corrected chi connectivity index (χ4v) is 2.19. The van der Waals surface area contributed by atoms with E-state index in [-0.39, 0.29) is 0 Å². The summed E-state index contributed by atoms with van der Waals surface area (Å²) >= 11 is 6.23. The van der Waals surface area contributed by atoms with Crippen LogP contribution in [0.2, 0.25) is 5.02 Å². The maximum Gasteiger partial charge on any atom is 0.0715 e. The lowest BCUT2D eigenvalue weighted by Gasteiger charge is -2.06. The van der Waals surface area contributed by atoms with Gasteiger partial charge in [0.2, 0.25) is 0 Å². The summed E-state index contributed by atoms with van der Waals surface area (Å²) in [6.45, 7) is 0. The maximum atomic E-state index is 6.23. The van der Waals surface area contributed by atoms with Crippen molar-refractivity contribution < 1.29 is 0 Å². The van der Waals surface area contributed by atoms with Gasteiger partial charge in [-0.2, -0.15) is 0 Å². The number of fused-ring (bicyclic) bond motifs is 1. The molecular weight excluding hydrogens is 244 g/mol. The molecule has 0 aliphatic heterocycles. The molecule has 3 aromatic rings. The van der Waals surface area contributed by atoms with Crippen molar-refractivity contribution in [2.45, 2.75) is 0 Å². The summed E-state index contributed by atoms with van der Waals surface area (Å²) in [5.41, 5.74) is 8.38. The normalized spacial score (nSPS) is 10.7. The predicted octanol–water partition coefficient (Wildman–Crippen LogP) is 4.14. The van der Waals surface area contributed by atoms with E-state index in [1.807, 2.05) is 48.7 Å². The predicted molar refractivity (Wildman–Crippen MR) is 76.6 cm³/mol. The fraction of sp³-hybridized carbons (Fsp3) is 0. The second kappa shape index (κ2) is 4.31. The lowest BCUT2D eigenvalue weighted by atomic mass is 10.1. The Bertz CT molecular complexity index is 708. The van der Waals surface area contributed by atoms with E-state index in [1.54, 1.807) is 6.07 Å². The molecule has 0 amide bonds. The number of nitrogens with zero attached hydrogens (tertiary/aromatic N) is 1. The monoisotopic (exact) mass is 254 g/mol. The van der Waals surface area contributed by atoms with E-state index >= 15 is 0 Å². The Morgan fingerprint density at radius 3 is 2.56 bits per heavy atom. The molecule has 0 aliphatic carbocycles. The van der Waals surface area contributed by atoms with Crippen LogP contribution >= 0.6 is 11.6 Å². The van der Waals surface area contributed by atoms with E-state index < -0.39 is 0 Å². The summed E-state index contributed by atoms with van der Waals surface area (Å²) in [7, 11) is 0. The van der Waals surface area contributed by atoms with E-state index in [2.05, 4.69) is 4.98 Å². The number of halogens is 1. The summed E-state index contributed by atoms with van der Waals surface area (Å²) in [5, 5.41) is 2.52. The number of nitrogen functional groups attached to an aromatic ring is 1. The first-order valence-electron chi connectivity index (χ1n) is 5.65. The van der Waals surface area contributed by atoms with Crippen LogP contribution in [0.1, 0.15) is 0 Å². The van der Waals surface area contributed by atoms with E-state index in [9.17, 15) is 0 Å². The van der Waals surface area contributed by atoms with Gasteiger partial charge in [-0.15, -0.1) is 0 Å². The zero-order valence-electron chi connectivity index (χ0n) is 9.60. The first-order chi connectivity index (χ1) is 8.75. The van der Waals surface area contributed by atoms with Crippen LogP contribution in [0.25, 0.3) is 22.0 Å². The zero-order valence-corrected chi connectivity index (χ0v) is 10.4.